The predicted molar refractivity (Wildman–Crippen MR) is 79.8 cm³/mol. The van der Waals surface area contributed by atoms with Crippen LogP contribution in [0.2, 0.25) is 0 Å². The number of benzene rings is 1. The van der Waals surface area contributed by atoms with E-state index in [2.05, 4.69) is 15.6 Å². The number of carbonyl (C=O) groups is 2. The van der Waals surface area contributed by atoms with Gasteiger partial charge in [-0.3, -0.25) is 9.78 Å². The maximum atomic E-state index is 12.1. The van der Waals surface area contributed by atoms with Crippen molar-refractivity contribution in [1.29, 1.82) is 0 Å². The molecule has 0 aliphatic carbocycles. The number of urea groups is 1. The minimum atomic E-state index is -0.670. The van der Waals surface area contributed by atoms with E-state index in [1.165, 1.54) is 0 Å². The molecule has 0 radical (unpaired) electrons. The number of primary amides is 1. The van der Waals surface area contributed by atoms with Crippen molar-refractivity contribution in [2.24, 2.45) is 5.73 Å². The van der Waals surface area contributed by atoms with E-state index in [0.29, 0.717) is 17.8 Å². The number of aryl methyl sites for hydroxylation is 1. The van der Waals surface area contributed by atoms with Crippen LogP contribution in [0.4, 0.5) is 10.5 Å². The normalized spacial score (nSPS) is 9.95. The van der Waals surface area contributed by atoms with Gasteiger partial charge >= 0.3 is 6.03 Å². The number of nitrogens with one attached hydrogen (secondary N) is 2. The Hall–Kier alpha value is -2.89. The molecule has 0 atom stereocenters. The molecule has 2 rings (SSSR count). The Bertz CT molecular complexity index is 670. The lowest BCUT2D eigenvalue weighted by Gasteiger charge is -2.07. The Labute approximate surface area is 122 Å². The Morgan fingerprint density at radius 2 is 1.95 bits per heavy atom. The summed E-state index contributed by atoms with van der Waals surface area (Å²) in [7, 11) is 0. The maximum Gasteiger partial charge on any atom is 0.316 e. The lowest BCUT2D eigenvalue weighted by Crippen LogP contribution is -2.24. The minimum Gasteiger partial charge on any atom is -0.351 e. The molecule has 108 valence electrons. The number of amides is 3. The van der Waals surface area contributed by atoms with Gasteiger partial charge in [-0.1, -0.05) is 12.1 Å². The molecule has 4 N–H and O–H groups in total. The highest BCUT2D eigenvalue weighted by Gasteiger charge is 2.07. The first-order valence-electron chi connectivity index (χ1n) is 6.42. The lowest BCUT2D eigenvalue weighted by molar-refractivity contribution is 0.0950. The van der Waals surface area contributed by atoms with Crippen molar-refractivity contribution in [3.8, 4) is 0 Å². The van der Waals surface area contributed by atoms with Crippen LogP contribution in [0.15, 0.2) is 42.5 Å². The molecule has 0 aliphatic rings. The van der Waals surface area contributed by atoms with Crippen molar-refractivity contribution < 1.29 is 9.59 Å². The summed E-state index contributed by atoms with van der Waals surface area (Å²) in [6, 6.07) is 11.5. The fraction of sp³-hybridized carbons (Fsp3) is 0.133. The van der Waals surface area contributed by atoms with Gasteiger partial charge in [0.2, 0.25) is 0 Å². The molecule has 0 saturated carbocycles. The number of anilines is 1. The van der Waals surface area contributed by atoms with Crippen molar-refractivity contribution in [1.82, 2.24) is 10.3 Å². The highest BCUT2D eigenvalue weighted by atomic mass is 16.2. The molecule has 3 amide bonds. The Balaban J connectivity index is 2.01. The van der Waals surface area contributed by atoms with Gasteiger partial charge in [0.15, 0.2) is 0 Å². The molecule has 1 heterocycles. The third-order valence-electron chi connectivity index (χ3n) is 2.77. The van der Waals surface area contributed by atoms with Crippen LogP contribution in [0.1, 0.15) is 21.7 Å². The number of hydrogen-bond acceptors (Lipinski definition) is 3. The van der Waals surface area contributed by atoms with Crippen molar-refractivity contribution in [3.63, 3.8) is 0 Å². The van der Waals surface area contributed by atoms with Crippen LogP contribution >= 0.6 is 0 Å². The largest absolute Gasteiger partial charge is 0.351 e. The zero-order valence-corrected chi connectivity index (χ0v) is 11.6. The van der Waals surface area contributed by atoms with E-state index in [4.69, 9.17) is 5.73 Å². The van der Waals surface area contributed by atoms with Crippen LogP contribution in [-0.2, 0) is 6.54 Å². The fourth-order valence-corrected chi connectivity index (χ4v) is 1.85. The number of rotatable bonds is 4. The van der Waals surface area contributed by atoms with Crippen molar-refractivity contribution in [2.75, 3.05) is 5.32 Å². The van der Waals surface area contributed by atoms with Crippen molar-refractivity contribution in [2.45, 2.75) is 13.5 Å². The second-order valence-corrected chi connectivity index (χ2v) is 4.52. The van der Waals surface area contributed by atoms with Crippen LogP contribution in [0.3, 0.4) is 0 Å². The molecule has 1 aromatic carbocycles. The first-order valence-corrected chi connectivity index (χ1v) is 6.42. The zero-order valence-electron chi connectivity index (χ0n) is 11.6. The van der Waals surface area contributed by atoms with Crippen molar-refractivity contribution >= 4 is 17.6 Å². The van der Waals surface area contributed by atoms with Crippen LogP contribution in [0.5, 0.6) is 0 Å². The van der Waals surface area contributed by atoms with Gasteiger partial charge < -0.3 is 16.4 Å². The molecule has 21 heavy (non-hydrogen) atoms. The molecule has 0 unspecified atom stereocenters. The van der Waals surface area contributed by atoms with Crippen LogP contribution in [-0.4, -0.2) is 16.9 Å². The molecular weight excluding hydrogens is 268 g/mol. The fourth-order valence-electron chi connectivity index (χ4n) is 1.85. The van der Waals surface area contributed by atoms with Crippen LogP contribution < -0.4 is 16.4 Å². The summed E-state index contributed by atoms with van der Waals surface area (Å²) < 4.78 is 0. The van der Waals surface area contributed by atoms with Gasteiger partial charge in [-0.05, 0) is 37.3 Å². The first-order chi connectivity index (χ1) is 10.0. The second-order valence-electron chi connectivity index (χ2n) is 4.52. The van der Waals surface area contributed by atoms with Crippen LogP contribution in [0.25, 0.3) is 0 Å². The average Bonchev–Trinajstić information content (AvgIpc) is 2.44. The molecule has 6 heteroatoms. The van der Waals surface area contributed by atoms with Gasteiger partial charge in [0.25, 0.3) is 5.91 Å². The molecule has 0 aliphatic heterocycles. The quantitative estimate of drug-likeness (QED) is 0.798. The van der Waals surface area contributed by atoms with E-state index in [-0.39, 0.29) is 5.91 Å². The molecule has 0 spiro atoms. The predicted octanol–water partition coefficient (Wildman–Crippen LogP) is 1.81. The minimum absolute atomic E-state index is 0.244. The average molecular weight is 284 g/mol. The second kappa shape index (κ2) is 6.51. The SMILES string of the molecule is Cc1cccc(CNC(=O)c2cccc(NC(N)=O)c2)n1. The van der Waals surface area contributed by atoms with Gasteiger partial charge in [-0.25, -0.2) is 4.79 Å². The van der Waals surface area contributed by atoms with E-state index >= 15 is 0 Å². The molecular formula is C15H16N4O2. The van der Waals surface area contributed by atoms with Crippen LogP contribution in [0, 0.1) is 6.92 Å². The van der Waals surface area contributed by atoms with Gasteiger partial charge in [0.1, 0.15) is 0 Å². The summed E-state index contributed by atoms with van der Waals surface area (Å²) in [5.41, 5.74) is 7.64. The smallest absolute Gasteiger partial charge is 0.316 e. The number of nitrogens with two attached hydrogens (primary N) is 1. The summed E-state index contributed by atoms with van der Waals surface area (Å²) in [5.74, 6) is -0.244. The number of pyridine rings is 1. The molecule has 2 aromatic rings. The van der Waals surface area contributed by atoms with Gasteiger partial charge in [-0.15, -0.1) is 0 Å². The summed E-state index contributed by atoms with van der Waals surface area (Å²) >= 11 is 0. The van der Waals surface area contributed by atoms with E-state index in [9.17, 15) is 9.59 Å². The molecule has 6 nitrogen and oxygen atoms in total. The summed E-state index contributed by atoms with van der Waals surface area (Å²) in [4.78, 5) is 27.2. The highest BCUT2D eigenvalue weighted by molar-refractivity contribution is 5.96. The third-order valence-corrected chi connectivity index (χ3v) is 2.77. The van der Waals surface area contributed by atoms with E-state index in [0.717, 1.165) is 11.4 Å². The summed E-state index contributed by atoms with van der Waals surface area (Å²) in [5, 5.41) is 5.21. The molecule has 0 bridgehead atoms. The number of hydrogen-bond donors (Lipinski definition) is 3. The summed E-state index contributed by atoms with van der Waals surface area (Å²) in [6.07, 6.45) is 0. The topological polar surface area (TPSA) is 97.1 Å². The van der Waals surface area contributed by atoms with E-state index in [1.807, 2.05) is 25.1 Å². The van der Waals surface area contributed by atoms with Gasteiger partial charge in [0, 0.05) is 16.9 Å². The van der Waals surface area contributed by atoms with E-state index in [1.54, 1.807) is 24.3 Å². The number of carbonyl (C=O) groups excluding carboxylic acids is 2. The maximum absolute atomic E-state index is 12.1. The Morgan fingerprint density at radius 3 is 2.67 bits per heavy atom. The van der Waals surface area contributed by atoms with Crippen molar-refractivity contribution in [3.05, 3.63) is 59.4 Å². The molecule has 1 aromatic heterocycles. The van der Waals surface area contributed by atoms with Gasteiger partial charge in [-0.2, -0.15) is 0 Å². The lowest BCUT2D eigenvalue weighted by atomic mass is 10.2. The Kier molecular flexibility index (Phi) is 4.50. The van der Waals surface area contributed by atoms with E-state index < -0.39 is 6.03 Å². The summed E-state index contributed by atoms with van der Waals surface area (Å²) in [6.45, 7) is 2.23. The molecule has 0 fully saturated rings. The first kappa shape index (κ1) is 14.5. The number of aromatic nitrogens is 1. The highest BCUT2D eigenvalue weighted by Crippen LogP contribution is 2.10. The standard InChI is InChI=1S/C15H16N4O2/c1-10-4-2-7-13(18-10)9-17-14(20)11-5-3-6-12(8-11)19-15(16)21/h2-8H,9H2,1H3,(H,17,20)(H3,16,19,21). The third kappa shape index (κ3) is 4.31. The zero-order chi connectivity index (χ0) is 15.2. The molecule has 0 saturated heterocycles. The van der Waals surface area contributed by atoms with Gasteiger partial charge in [0.05, 0.1) is 12.2 Å². The number of nitrogens with zero attached hydrogens (tertiary/aromatic N) is 1. The Morgan fingerprint density at radius 1 is 1.19 bits per heavy atom. The monoisotopic (exact) mass is 284 g/mol.